The standard InChI is InChI=1S/C22H23N3O3.ClH/c1-22(13-23)9-10-24(14-22)19(26)16-6-4-5-15(11-16)12-25-20(27)17-7-2-3-8-18(17)21(25)28;/h2-8,11H,9-10,12-14,23H2,1H3;1H. The van der Waals surface area contributed by atoms with Gasteiger partial charge in [0.1, 0.15) is 0 Å². The van der Waals surface area contributed by atoms with Gasteiger partial charge in [0.05, 0.1) is 17.7 Å². The van der Waals surface area contributed by atoms with Crippen LogP contribution in [-0.4, -0.2) is 47.2 Å². The number of nitrogens with zero attached hydrogens (tertiary/aromatic N) is 2. The van der Waals surface area contributed by atoms with Crippen molar-refractivity contribution in [3.8, 4) is 0 Å². The van der Waals surface area contributed by atoms with E-state index in [0.717, 1.165) is 12.0 Å². The van der Waals surface area contributed by atoms with Crippen molar-refractivity contribution < 1.29 is 14.4 Å². The molecular weight excluding hydrogens is 390 g/mol. The van der Waals surface area contributed by atoms with Crippen LogP contribution in [0.5, 0.6) is 0 Å². The fourth-order valence-electron chi connectivity index (χ4n) is 3.91. The Kier molecular flexibility index (Phi) is 5.78. The predicted octanol–water partition coefficient (Wildman–Crippen LogP) is 2.72. The molecule has 2 aromatic rings. The van der Waals surface area contributed by atoms with Gasteiger partial charge >= 0.3 is 0 Å². The summed E-state index contributed by atoms with van der Waals surface area (Å²) in [5.74, 6) is -0.632. The van der Waals surface area contributed by atoms with E-state index in [1.165, 1.54) is 4.90 Å². The van der Waals surface area contributed by atoms with Gasteiger partial charge in [0.2, 0.25) is 0 Å². The molecule has 0 saturated carbocycles. The Bertz CT molecular complexity index is 942. The van der Waals surface area contributed by atoms with Gasteiger partial charge < -0.3 is 10.6 Å². The first-order valence-electron chi connectivity index (χ1n) is 9.45. The summed E-state index contributed by atoms with van der Waals surface area (Å²) in [5.41, 5.74) is 7.98. The third-order valence-corrected chi connectivity index (χ3v) is 5.73. The van der Waals surface area contributed by atoms with E-state index < -0.39 is 0 Å². The van der Waals surface area contributed by atoms with Crippen LogP contribution in [0.1, 0.15) is 50.0 Å². The van der Waals surface area contributed by atoms with Gasteiger partial charge in [0.15, 0.2) is 0 Å². The molecule has 2 aliphatic heterocycles. The highest BCUT2D eigenvalue weighted by Gasteiger charge is 2.36. The Balaban J connectivity index is 0.00000240. The SMILES string of the molecule is CC1(CN)CCN(C(=O)c2cccc(CN3C(=O)c4ccccc4C3=O)c2)C1.Cl. The average Bonchev–Trinajstić information content (AvgIpc) is 3.23. The number of likely N-dealkylation sites (tertiary alicyclic amines) is 1. The molecule has 0 spiro atoms. The van der Waals surface area contributed by atoms with Gasteiger partial charge in [0, 0.05) is 18.7 Å². The third-order valence-electron chi connectivity index (χ3n) is 5.73. The van der Waals surface area contributed by atoms with Gasteiger partial charge in [-0.2, -0.15) is 0 Å². The number of carbonyl (C=O) groups excluding carboxylic acids is 3. The maximum atomic E-state index is 12.9. The molecule has 152 valence electrons. The van der Waals surface area contributed by atoms with Crippen LogP contribution >= 0.6 is 12.4 Å². The molecular formula is C22H24ClN3O3. The van der Waals surface area contributed by atoms with E-state index >= 15 is 0 Å². The first kappa shape index (κ1) is 21.0. The first-order valence-corrected chi connectivity index (χ1v) is 9.45. The fourth-order valence-corrected chi connectivity index (χ4v) is 3.91. The fraction of sp³-hybridized carbons (Fsp3) is 0.318. The summed E-state index contributed by atoms with van der Waals surface area (Å²) < 4.78 is 0. The molecule has 2 heterocycles. The first-order chi connectivity index (χ1) is 13.4. The van der Waals surface area contributed by atoms with Crippen molar-refractivity contribution in [2.75, 3.05) is 19.6 Å². The second-order valence-electron chi connectivity index (χ2n) is 7.93. The summed E-state index contributed by atoms with van der Waals surface area (Å²) in [6.45, 7) is 4.13. The van der Waals surface area contributed by atoms with Crippen LogP contribution in [0.15, 0.2) is 48.5 Å². The number of rotatable bonds is 4. The smallest absolute Gasteiger partial charge is 0.261 e. The second-order valence-corrected chi connectivity index (χ2v) is 7.93. The highest BCUT2D eigenvalue weighted by molar-refractivity contribution is 6.21. The molecule has 2 aromatic carbocycles. The van der Waals surface area contributed by atoms with E-state index in [0.29, 0.717) is 36.3 Å². The maximum Gasteiger partial charge on any atom is 0.261 e. The lowest BCUT2D eigenvalue weighted by Gasteiger charge is -2.23. The van der Waals surface area contributed by atoms with Crippen LogP contribution in [0.3, 0.4) is 0 Å². The molecule has 6 nitrogen and oxygen atoms in total. The normalized spacial score (nSPS) is 20.6. The zero-order valence-corrected chi connectivity index (χ0v) is 17.1. The molecule has 1 fully saturated rings. The summed E-state index contributed by atoms with van der Waals surface area (Å²) in [5, 5.41) is 0. The lowest BCUT2D eigenvalue weighted by molar-refractivity contribution is 0.0642. The van der Waals surface area contributed by atoms with Crippen molar-refractivity contribution >= 4 is 30.1 Å². The Hall–Kier alpha value is -2.70. The van der Waals surface area contributed by atoms with Crippen molar-refractivity contribution in [3.63, 3.8) is 0 Å². The predicted molar refractivity (Wildman–Crippen MR) is 112 cm³/mol. The number of halogens is 1. The molecule has 1 atom stereocenters. The quantitative estimate of drug-likeness (QED) is 0.781. The highest BCUT2D eigenvalue weighted by Crippen LogP contribution is 2.30. The number of nitrogens with two attached hydrogens (primary N) is 1. The van der Waals surface area contributed by atoms with Crippen molar-refractivity contribution in [2.24, 2.45) is 11.1 Å². The minimum atomic E-state index is -0.296. The molecule has 0 aliphatic carbocycles. The number of benzene rings is 2. The van der Waals surface area contributed by atoms with E-state index in [-0.39, 0.29) is 42.1 Å². The molecule has 2 aliphatic rings. The number of imide groups is 1. The van der Waals surface area contributed by atoms with Gasteiger partial charge in [0.25, 0.3) is 17.7 Å². The molecule has 2 N–H and O–H groups in total. The van der Waals surface area contributed by atoms with Crippen LogP contribution in [-0.2, 0) is 6.54 Å². The zero-order valence-electron chi connectivity index (χ0n) is 16.3. The van der Waals surface area contributed by atoms with E-state index in [1.54, 1.807) is 42.5 Å². The summed E-state index contributed by atoms with van der Waals surface area (Å²) in [4.78, 5) is 41.1. The molecule has 0 radical (unpaired) electrons. The van der Waals surface area contributed by atoms with E-state index in [9.17, 15) is 14.4 Å². The topological polar surface area (TPSA) is 83.7 Å². The Labute approximate surface area is 176 Å². The van der Waals surface area contributed by atoms with Crippen molar-refractivity contribution in [3.05, 3.63) is 70.8 Å². The van der Waals surface area contributed by atoms with E-state index in [4.69, 9.17) is 5.73 Å². The molecule has 3 amide bonds. The molecule has 7 heteroatoms. The van der Waals surface area contributed by atoms with Crippen LogP contribution in [0.25, 0.3) is 0 Å². The summed E-state index contributed by atoms with van der Waals surface area (Å²) in [6.07, 6.45) is 0.893. The van der Waals surface area contributed by atoms with Crippen LogP contribution in [0.2, 0.25) is 0 Å². The van der Waals surface area contributed by atoms with Gasteiger partial charge in [-0.1, -0.05) is 31.2 Å². The molecule has 29 heavy (non-hydrogen) atoms. The van der Waals surface area contributed by atoms with Gasteiger partial charge in [-0.15, -0.1) is 12.4 Å². The van der Waals surface area contributed by atoms with Gasteiger partial charge in [-0.3, -0.25) is 19.3 Å². The molecule has 0 bridgehead atoms. The van der Waals surface area contributed by atoms with E-state index in [1.807, 2.05) is 11.0 Å². The molecule has 0 aromatic heterocycles. The minimum Gasteiger partial charge on any atom is -0.338 e. The summed E-state index contributed by atoms with van der Waals surface area (Å²) >= 11 is 0. The minimum absolute atomic E-state index is 0. The van der Waals surface area contributed by atoms with Crippen LogP contribution in [0.4, 0.5) is 0 Å². The average molecular weight is 414 g/mol. The lowest BCUT2D eigenvalue weighted by atomic mass is 9.90. The number of hydrogen-bond donors (Lipinski definition) is 1. The van der Waals surface area contributed by atoms with Crippen LogP contribution in [0, 0.1) is 5.41 Å². The number of fused-ring (bicyclic) bond motifs is 1. The van der Waals surface area contributed by atoms with Crippen molar-refractivity contribution in [1.82, 2.24) is 9.80 Å². The Morgan fingerprint density at radius 3 is 2.31 bits per heavy atom. The lowest BCUT2D eigenvalue weighted by Crippen LogP contribution is -2.34. The number of amides is 3. The number of hydrogen-bond acceptors (Lipinski definition) is 4. The Morgan fingerprint density at radius 1 is 1.07 bits per heavy atom. The maximum absolute atomic E-state index is 12.9. The molecule has 4 rings (SSSR count). The van der Waals surface area contributed by atoms with Crippen LogP contribution < -0.4 is 5.73 Å². The van der Waals surface area contributed by atoms with Crippen molar-refractivity contribution in [2.45, 2.75) is 19.9 Å². The van der Waals surface area contributed by atoms with E-state index in [2.05, 4.69) is 6.92 Å². The second kappa shape index (κ2) is 7.97. The largest absolute Gasteiger partial charge is 0.338 e. The van der Waals surface area contributed by atoms with Gasteiger partial charge in [-0.05, 0) is 48.2 Å². The summed E-state index contributed by atoms with van der Waals surface area (Å²) in [6, 6.07) is 14.0. The molecule has 1 unspecified atom stereocenters. The van der Waals surface area contributed by atoms with Gasteiger partial charge in [-0.25, -0.2) is 0 Å². The summed E-state index contributed by atoms with van der Waals surface area (Å²) in [7, 11) is 0. The Morgan fingerprint density at radius 2 is 1.72 bits per heavy atom. The highest BCUT2D eigenvalue weighted by atomic mass is 35.5. The third kappa shape index (κ3) is 3.78. The molecule has 1 saturated heterocycles. The monoisotopic (exact) mass is 413 g/mol. The van der Waals surface area contributed by atoms with Crippen molar-refractivity contribution in [1.29, 1.82) is 0 Å². The number of carbonyl (C=O) groups is 3. The zero-order chi connectivity index (χ0) is 19.9.